The molecule has 2 atom stereocenters. The highest BCUT2D eigenvalue weighted by Crippen LogP contribution is 2.51. The van der Waals surface area contributed by atoms with Gasteiger partial charge in [0.2, 0.25) is 0 Å². The Hall–Kier alpha value is -2.68. The summed E-state index contributed by atoms with van der Waals surface area (Å²) in [6.45, 7) is 0. The summed E-state index contributed by atoms with van der Waals surface area (Å²) in [6.07, 6.45) is 0. The maximum Gasteiger partial charge on any atom is 0.332 e. The molecule has 10 heteroatoms. The molecule has 0 bridgehead atoms. The number of hydrogen-bond donors (Lipinski definition) is 2. The van der Waals surface area contributed by atoms with Crippen molar-refractivity contribution in [3.8, 4) is 0 Å². The Morgan fingerprint density at radius 2 is 1.13 bits per heavy atom. The number of nitrogens with one attached hydrogen (secondary N) is 2. The third kappa shape index (κ3) is 3.26. The monoisotopic (exact) mass is 476 g/mol. The highest BCUT2D eigenvalue weighted by atomic mass is 35.5. The van der Waals surface area contributed by atoms with Gasteiger partial charge in [-0.25, -0.2) is 4.79 Å². The van der Waals surface area contributed by atoms with Crippen LogP contribution in [0.3, 0.4) is 0 Å². The summed E-state index contributed by atoms with van der Waals surface area (Å²) >= 11 is 17.5. The minimum Gasteiger partial charge on any atom is -0.354 e. The van der Waals surface area contributed by atoms with Crippen molar-refractivity contribution >= 4 is 58.4 Å². The Kier molecular flexibility index (Phi) is 5.41. The number of rotatable bonds is 2. The van der Waals surface area contributed by atoms with Crippen molar-refractivity contribution in [3.05, 3.63) is 69.7 Å². The summed E-state index contributed by atoms with van der Waals surface area (Å²) in [5.74, 6) is -1.27. The van der Waals surface area contributed by atoms with Gasteiger partial charge in [-0.15, -0.1) is 0 Å². The molecule has 2 unspecified atom stereocenters. The molecule has 2 aliphatic rings. The van der Waals surface area contributed by atoms with E-state index in [1.54, 1.807) is 48.5 Å². The number of hydrogen-bond acceptors (Lipinski definition) is 4. The number of benzene rings is 2. The molecule has 2 N–H and O–H groups in total. The second-order valence-electron chi connectivity index (χ2n) is 7.47. The average Bonchev–Trinajstić information content (AvgIpc) is 2.76. The first kappa shape index (κ1) is 21.5. The fourth-order valence-electron chi connectivity index (χ4n) is 4.24. The zero-order chi connectivity index (χ0) is 22.5. The predicted molar refractivity (Wildman–Crippen MR) is 121 cm³/mol. The fourth-order valence-corrected chi connectivity index (χ4v) is 4.73. The molecule has 31 heavy (non-hydrogen) atoms. The van der Waals surface area contributed by atoms with Crippen LogP contribution in [0.5, 0.6) is 0 Å². The van der Waals surface area contributed by atoms with Crippen molar-refractivity contribution in [2.45, 2.75) is 12.1 Å². The summed E-state index contributed by atoms with van der Waals surface area (Å²) in [7, 11) is 2.72. The van der Waals surface area contributed by atoms with E-state index in [2.05, 4.69) is 10.6 Å². The van der Waals surface area contributed by atoms with Crippen LogP contribution >= 0.6 is 35.4 Å². The van der Waals surface area contributed by atoms with Crippen molar-refractivity contribution in [1.29, 1.82) is 0 Å². The molecule has 2 aromatic rings. The second kappa shape index (κ2) is 7.78. The van der Waals surface area contributed by atoms with E-state index in [9.17, 15) is 14.4 Å². The Morgan fingerprint density at radius 3 is 1.48 bits per heavy atom. The van der Waals surface area contributed by atoms with Crippen LogP contribution in [0, 0.1) is 5.41 Å². The molecule has 0 saturated carbocycles. The highest BCUT2D eigenvalue weighted by molar-refractivity contribution is 7.80. The van der Waals surface area contributed by atoms with Gasteiger partial charge in [0.25, 0.3) is 11.8 Å². The number of halogens is 2. The van der Waals surface area contributed by atoms with Gasteiger partial charge in [-0.05, 0) is 47.6 Å². The lowest BCUT2D eigenvalue weighted by Gasteiger charge is -2.52. The summed E-state index contributed by atoms with van der Waals surface area (Å²) < 4.78 is 0. The summed E-state index contributed by atoms with van der Waals surface area (Å²) in [5.41, 5.74) is -0.475. The van der Waals surface area contributed by atoms with E-state index >= 15 is 0 Å². The van der Waals surface area contributed by atoms with Gasteiger partial charge in [0.15, 0.2) is 10.5 Å². The van der Waals surface area contributed by atoms with E-state index in [-0.39, 0.29) is 5.11 Å². The van der Waals surface area contributed by atoms with Crippen molar-refractivity contribution in [1.82, 2.24) is 20.4 Å². The van der Waals surface area contributed by atoms with Gasteiger partial charge in [-0.3, -0.25) is 19.4 Å². The molecule has 160 valence electrons. The van der Waals surface area contributed by atoms with E-state index in [1.807, 2.05) is 0 Å². The van der Waals surface area contributed by atoms with Crippen molar-refractivity contribution in [3.63, 3.8) is 0 Å². The Labute approximate surface area is 194 Å². The van der Waals surface area contributed by atoms with Crippen LogP contribution in [0.2, 0.25) is 10.0 Å². The number of imide groups is 2. The zero-order valence-electron chi connectivity index (χ0n) is 16.6. The quantitative estimate of drug-likeness (QED) is 0.511. The Morgan fingerprint density at radius 1 is 0.774 bits per heavy atom. The van der Waals surface area contributed by atoms with Crippen molar-refractivity contribution < 1.29 is 14.4 Å². The molecular formula is C21H18Cl2N4O3S. The van der Waals surface area contributed by atoms with Crippen LogP contribution in [0.1, 0.15) is 23.2 Å². The van der Waals surface area contributed by atoms with E-state index in [0.29, 0.717) is 21.2 Å². The van der Waals surface area contributed by atoms with Gasteiger partial charge in [0.05, 0.1) is 12.1 Å². The summed E-state index contributed by atoms with van der Waals surface area (Å²) in [5, 5.41) is 7.46. The summed E-state index contributed by atoms with van der Waals surface area (Å²) in [4.78, 5) is 42.0. The number of amides is 4. The van der Waals surface area contributed by atoms with E-state index < -0.39 is 35.3 Å². The fraction of sp³-hybridized carbons (Fsp3) is 0.238. The Bertz CT molecular complexity index is 1010. The highest BCUT2D eigenvalue weighted by Gasteiger charge is 2.66. The molecular weight excluding hydrogens is 459 g/mol. The van der Waals surface area contributed by atoms with Gasteiger partial charge in [-0.2, -0.15) is 0 Å². The van der Waals surface area contributed by atoms with Crippen molar-refractivity contribution in [2.24, 2.45) is 5.41 Å². The lowest BCUT2D eigenvalue weighted by atomic mass is 9.65. The zero-order valence-corrected chi connectivity index (χ0v) is 18.9. The first-order valence-corrected chi connectivity index (χ1v) is 10.5. The minimum absolute atomic E-state index is 0.272. The lowest BCUT2D eigenvalue weighted by molar-refractivity contribution is -0.163. The molecule has 0 aliphatic carbocycles. The standard InChI is InChI=1S/C21H18Cl2N4O3S/c1-26-17(28)21(18(29)27(2)20(26)30)15(11-3-7-13(22)8-4-11)24-19(31)25-16(21)12-5-9-14(23)10-6-12/h3-10,15-16H,1-2H3,(H2,24,25,31). The molecule has 4 amide bonds. The van der Waals surface area contributed by atoms with Crippen LogP contribution in [0.25, 0.3) is 0 Å². The van der Waals surface area contributed by atoms with Gasteiger partial charge in [-0.1, -0.05) is 47.5 Å². The van der Waals surface area contributed by atoms with Gasteiger partial charge < -0.3 is 10.6 Å². The second-order valence-corrected chi connectivity index (χ2v) is 8.75. The number of carbonyl (C=O) groups excluding carboxylic acids is 3. The Balaban J connectivity index is 1.99. The SMILES string of the molecule is CN1C(=O)N(C)C(=O)C2(C1=O)C(c1ccc(Cl)cc1)NC(=S)NC2c1ccc(Cl)cc1. The first-order chi connectivity index (χ1) is 14.7. The van der Waals surface area contributed by atoms with Crippen molar-refractivity contribution in [2.75, 3.05) is 14.1 Å². The smallest absolute Gasteiger partial charge is 0.332 e. The van der Waals surface area contributed by atoms with Crippen LogP contribution in [0.4, 0.5) is 4.79 Å². The number of carbonyl (C=O) groups is 3. The molecule has 1 spiro atoms. The largest absolute Gasteiger partial charge is 0.354 e. The van der Waals surface area contributed by atoms with E-state index in [0.717, 1.165) is 9.80 Å². The molecule has 2 saturated heterocycles. The van der Waals surface area contributed by atoms with Gasteiger partial charge in [0, 0.05) is 24.1 Å². The van der Waals surface area contributed by atoms with Crippen LogP contribution in [-0.4, -0.2) is 46.9 Å². The molecule has 7 nitrogen and oxygen atoms in total. The molecule has 2 heterocycles. The number of thiocarbonyl (C=S) groups is 1. The molecule has 0 aromatic heterocycles. The number of urea groups is 1. The minimum atomic E-state index is -1.73. The maximum absolute atomic E-state index is 13.8. The van der Waals surface area contributed by atoms with E-state index in [1.165, 1.54) is 14.1 Å². The van der Waals surface area contributed by atoms with Crippen LogP contribution < -0.4 is 10.6 Å². The normalized spacial score (nSPS) is 23.1. The summed E-state index contributed by atoms with van der Waals surface area (Å²) in [6, 6.07) is 11.2. The van der Waals surface area contributed by atoms with Crippen LogP contribution in [0.15, 0.2) is 48.5 Å². The van der Waals surface area contributed by atoms with Gasteiger partial charge >= 0.3 is 6.03 Å². The molecule has 2 aliphatic heterocycles. The van der Waals surface area contributed by atoms with Crippen LogP contribution in [-0.2, 0) is 9.59 Å². The molecule has 2 fully saturated rings. The topological polar surface area (TPSA) is 81.8 Å². The lowest BCUT2D eigenvalue weighted by Crippen LogP contribution is -2.73. The molecule has 2 aromatic carbocycles. The third-order valence-electron chi connectivity index (χ3n) is 5.76. The number of barbiturate groups is 1. The maximum atomic E-state index is 13.8. The third-order valence-corrected chi connectivity index (χ3v) is 6.50. The molecule has 4 rings (SSSR count). The average molecular weight is 477 g/mol. The van der Waals surface area contributed by atoms with Gasteiger partial charge in [0.1, 0.15) is 0 Å². The number of nitrogens with zero attached hydrogens (tertiary/aromatic N) is 2. The first-order valence-electron chi connectivity index (χ1n) is 9.36. The molecule has 0 radical (unpaired) electrons. The predicted octanol–water partition coefficient (Wildman–Crippen LogP) is 3.29. The van der Waals surface area contributed by atoms with E-state index in [4.69, 9.17) is 35.4 Å².